The van der Waals surface area contributed by atoms with Crippen LogP contribution < -0.4 is 0 Å². The molecule has 1 aromatic rings. The van der Waals surface area contributed by atoms with Gasteiger partial charge in [-0.1, -0.05) is 12.8 Å². The zero-order valence-corrected chi connectivity index (χ0v) is 14.6. The number of methoxy groups -OCH3 is 1. The van der Waals surface area contributed by atoms with Gasteiger partial charge in [0.05, 0.1) is 31.4 Å². The molecule has 1 saturated carbocycles. The molecule has 1 unspecified atom stereocenters. The van der Waals surface area contributed by atoms with Crippen LogP contribution in [0.3, 0.4) is 0 Å². The van der Waals surface area contributed by atoms with E-state index in [0.717, 1.165) is 37.1 Å². The predicted molar refractivity (Wildman–Crippen MR) is 84.3 cm³/mol. The number of nitrogens with zero attached hydrogens (tertiary/aromatic N) is 2. The Morgan fingerprint density at radius 2 is 1.89 bits per heavy atom. The smallest absolute Gasteiger partial charge is 0.475 e. The van der Waals surface area contributed by atoms with Crippen LogP contribution in [-0.4, -0.2) is 57.1 Å². The van der Waals surface area contributed by atoms with Crippen molar-refractivity contribution in [2.24, 2.45) is 5.92 Å². The summed E-state index contributed by atoms with van der Waals surface area (Å²) in [5.41, 5.74) is 1.78. The first-order chi connectivity index (χ1) is 12.6. The number of rotatable bonds is 2. The van der Waals surface area contributed by atoms with Crippen molar-refractivity contribution in [3.63, 3.8) is 0 Å². The van der Waals surface area contributed by atoms with Gasteiger partial charge in [-0.05, 0) is 12.8 Å². The van der Waals surface area contributed by atoms with E-state index in [9.17, 15) is 22.8 Å². The van der Waals surface area contributed by atoms with E-state index < -0.39 is 18.2 Å². The highest BCUT2D eigenvalue weighted by atomic mass is 19.4. The van der Waals surface area contributed by atoms with E-state index in [-0.39, 0.29) is 17.8 Å². The molecular weight excluding hydrogens is 371 g/mol. The number of H-pyrrole nitrogens is 1. The number of fused-ring (bicyclic) bond motifs is 1. The summed E-state index contributed by atoms with van der Waals surface area (Å²) in [7, 11) is 1.36. The van der Waals surface area contributed by atoms with E-state index in [1.54, 1.807) is 11.2 Å². The van der Waals surface area contributed by atoms with Crippen LogP contribution in [0.2, 0.25) is 0 Å². The van der Waals surface area contributed by atoms with Crippen molar-refractivity contribution >= 4 is 17.8 Å². The Kier molecular flexibility index (Phi) is 6.45. The van der Waals surface area contributed by atoms with E-state index in [0.29, 0.717) is 13.0 Å². The molecule has 1 atom stereocenters. The Morgan fingerprint density at radius 1 is 1.30 bits per heavy atom. The number of amides is 1. The maximum Gasteiger partial charge on any atom is 0.490 e. The van der Waals surface area contributed by atoms with Gasteiger partial charge >= 0.3 is 18.1 Å². The number of hydrogen-bond acceptors (Lipinski definition) is 5. The normalized spacial score (nSPS) is 19.7. The second-order valence-corrected chi connectivity index (χ2v) is 6.32. The number of imidazole rings is 1. The third kappa shape index (κ3) is 4.98. The largest absolute Gasteiger partial charge is 0.490 e. The molecule has 1 aliphatic heterocycles. The van der Waals surface area contributed by atoms with E-state index >= 15 is 0 Å². The molecule has 0 bridgehead atoms. The molecule has 0 aromatic carbocycles. The maximum absolute atomic E-state index is 12.6. The summed E-state index contributed by atoms with van der Waals surface area (Å²) in [6.45, 7) is 0.421. The van der Waals surface area contributed by atoms with Gasteiger partial charge in [-0.2, -0.15) is 13.2 Å². The SMILES string of the molecule is COC(=O)C1Cc2nc[nH]c2CN1C(=O)C1CCCC1.O=C(O)C(F)(F)F. The van der Waals surface area contributed by atoms with Crippen LogP contribution >= 0.6 is 0 Å². The number of carboxylic acids is 1. The van der Waals surface area contributed by atoms with Crippen molar-refractivity contribution in [1.29, 1.82) is 0 Å². The molecule has 3 rings (SSSR count). The lowest BCUT2D eigenvalue weighted by molar-refractivity contribution is -0.192. The molecule has 8 nitrogen and oxygen atoms in total. The van der Waals surface area contributed by atoms with Crippen LogP contribution in [0.5, 0.6) is 0 Å². The molecule has 0 saturated heterocycles. The zero-order valence-electron chi connectivity index (χ0n) is 14.6. The van der Waals surface area contributed by atoms with Crippen molar-refractivity contribution in [3.8, 4) is 0 Å². The summed E-state index contributed by atoms with van der Waals surface area (Å²) >= 11 is 0. The van der Waals surface area contributed by atoms with Crippen LogP contribution in [0, 0.1) is 5.92 Å². The summed E-state index contributed by atoms with van der Waals surface area (Å²) in [5.74, 6) is -2.97. The number of halogens is 3. The number of esters is 1. The number of aliphatic carboxylic acids is 1. The van der Waals surface area contributed by atoms with Gasteiger partial charge in [-0.25, -0.2) is 14.6 Å². The zero-order chi connectivity index (χ0) is 20.2. The van der Waals surface area contributed by atoms with Crippen molar-refractivity contribution in [3.05, 3.63) is 17.7 Å². The quantitative estimate of drug-likeness (QED) is 0.742. The van der Waals surface area contributed by atoms with E-state index in [4.69, 9.17) is 14.6 Å². The van der Waals surface area contributed by atoms with Gasteiger partial charge in [-0.15, -0.1) is 0 Å². The number of hydrogen-bond donors (Lipinski definition) is 2. The number of carbonyl (C=O) groups excluding carboxylic acids is 2. The fourth-order valence-corrected chi connectivity index (χ4v) is 3.22. The first kappa shape index (κ1) is 20.7. The van der Waals surface area contributed by atoms with Crippen molar-refractivity contribution in [1.82, 2.24) is 14.9 Å². The third-order valence-electron chi connectivity index (χ3n) is 4.60. The number of alkyl halides is 3. The van der Waals surface area contributed by atoms with Gasteiger partial charge in [-0.3, -0.25) is 4.79 Å². The number of carboxylic acid groups (broad SMARTS) is 1. The van der Waals surface area contributed by atoms with Gasteiger partial charge in [0.1, 0.15) is 6.04 Å². The summed E-state index contributed by atoms with van der Waals surface area (Å²) in [6, 6.07) is -0.538. The second kappa shape index (κ2) is 8.40. The van der Waals surface area contributed by atoms with Crippen molar-refractivity contribution in [2.45, 2.75) is 50.9 Å². The van der Waals surface area contributed by atoms with Crippen LogP contribution in [0.25, 0.3) is 0 Å². The highest BCUT2D eigenvalue weighted by molar-refractivity contribution is 5.86. The van der Waals surface area contributed by atoms with E-state index in [1.165, 1.54) is 7.11 Å². The molecule has 0 spiro atoms. The van der Waals surface area contributed by atoms with Crippen molar-refractivity contribution in [2.75, 3.05) is 7.11 Å². The number of nitrogens with one attached hydrogen (secondary N) is 1. The van der Waals surface area contributed by atoms with E-state index in [1.807, 2.05) is 0 Å². The Hall–Kier alpha value is -2.59. The lowest BCUT2D eigenvalue weighted by atomic mass is 9.98. The lowest BCUT2D eigenvalue weighted by Gasteiger charge is -2.34. The fourth-order valence-electron chi connectivity index (χ4n) is 3.22. The lowest BCUT2D eigenvalue weighted by Crippen LogP contribution is -2.50. The standard InChI is InChI=1S/C14H19N3O3.C2HF3O2/c1-20-14(19)12-6-10-11(16-8-15-10)7-17(12)13(18)9-4-2-3-5-9;3-2(4,5)1(6)7/h8-9,12H,2-7H2,1H3,(H,15,16);(H,6,7). The average molecular weight is 391 g/mol. The molecule has 11 heteroatoms. The molecule has 0 radical (unpaired) electrons. The van der Waals surface area contributed by atoms with Crippen LogP contribution in [0.1, 0.15) is 37.1 Å². The van der Waals surface area contributed by atoms with Crippen LogP contribution in [-0.2, 0) is 32.1 Å². The summed E-state index contributed by atoms with van der Waals surface area (Å²) in [6.07, 6.45) is 1.02. The number of ether oxygens (including phenoxy) is 1. The number of carbonyl (C=O) groups is 3. The van der Waals surface area contributed by atoms with Crippen LogP contribution in [0.15, 0.2) is 6.33 Å². The second-order valence-electron chi connectivity index (χ2n) is 6.32. The van der Waals surface area contributed by atoms with Crippen LogP contribution in [0.4, 0.5) is 13.2 Å². The molecule has 2 heterocycles. The minimum absolute atomic E-state index is 0.0617. The highest BCUT2D eigenvalue weighted by Crippen LogP contribution is 2.30. The first-order valence-corrected chi connectivity index (χ1v) is 8.34. The predicted octanol–water partition coefficient (Wildman–Crippen LogP) is 1.66. The minimum Gasteiger partial charge on any atom is -0.475 e. The minimum atomic E-state index is -5.08. The molecule has 1 aliphatic carbocycles. The Morgan fingerprint density at radius 3 is 2.41 bits per heavy atom. The molecular formula is C16H20F3N3O5. The third-order valence-corrected chi connectivity index (χ3v) is 4.60. The molecule has 2 aliphatic rings. The molecule has 27 heavy (non-hydrogen) atoms. The van der Waals surface area contributed by atoms with Crippen molar-refractivity contribution < 1.29 is 37.4 Å². The van der Waals surface area contributed by atoms with E-state index in [2.05, 4.69) is 9.97 Å². The Balaban J connectivity index is 0.000000321. The summed E-state index contributed by atoms with van der Waals surface area (Å²) < 4.78 is 36.6. The molecule has 2 N–H and O–H groups in total. The monoisotopic (exact) mass is 391 g/mol. The Labute approximate surface area is 152 Å². The van der Waals surface area contributed by atoms with Gasteiger partial charge in [0, 0.05) is 12.3 Å². The highest BCUT2D eigenvalue weighted by Gasteiger charge is 2.40. The maximum atomic E-state index is 12.6. The first-order valence-electron chi connectivity index (χ1n) is 8.34. The summed E-state index contributed by atoms with van der Waals surface area (Å²) in [4.78, 5) is 42.5. The Bertz CT molecular complexity index is 698. The topological polar surface area (TPSA) is 113 Å². The van der Waals surface area contributed by atoms with Gasteiger partial charge in [0.15, 0.2) is 0 Å². The van der Waals surface area contributed by atoms with Gasteiger partial charge < -0.3 is 19.7 Å². The molecule has 1 fully saturated rings. The fraction of sp³-hybridized carbons (Fsp3) is 0.625. The summed E-state index contributed by atoms with van der Waals surface area (Å²) in [5, 5.41) is 7.12. The molecule has 1 aromatic heterocycles. The molecule has 1 amide bonds. The molecule has 150 valence electrons. The van der Waals surface area contributed by atoms with Gasteiger partial charge in [0.25, 0.3) is 0 Å². The van der Waals surface area contributed by atoms with Gasteiger partial charge in [0.2, 0.25) is 5.91 Å². The number of aromatic nitrogens is 2. The average Bonchev–Trinajstić information content (AvgIpc) is 3.30. The number of aromatic amines is 1.